The minimum Gasteiger partial charge on any atom is -0.497 e. The van der Waals surface area contributed by atoms with Gasteiger partial charge in [-0.25, -0.2) is 4.98 Å². The van der Waals surface area contributed by atoms with Crippen LogP contribution in [0.4, 0.5) is 0 Å². The lowest BCUT2D eigenvalue weighted by molar-refractivity contribution is 0.0913. The lowest BCUT2D eigenvalue weighted by atomic mass is 10.1. The van der Waals surface area contributed by atoms with Gasteiger partial charge in [0, 0.05) is 6.07 Å². The number of rotatable bonds is 6. The van der Waals surface area contributed by atoms with E-state index < -0.39 is 0 Å². The van der Waals surface area contributed by atoms with Crippen molar-refractivity contribution in [3.63, 3.8) is 0 Å². The number of carbonyl (C=O) groups excluding carboxylic acids is 1. The molecule has 0 saturated carbocycles. The molecule has 28 heavy (non-hydrogen) atoms. The number of benzene rings is 1. The summed E-state index contributed by atoms with van der Waals surface area (Å²) in [4.78, 5) is 22.6. The summed E-state index contributed by atoms with van der Waals surface area (Å²) in [6.45, 7) is 4.60. The van der Waals surface area contributed by atoms with Crippen LogP contribution in [0.2, 0.25) is 0 Å². The highest BCUT2D eigenvalue weighted by atomic mass is 16.5. The van der Waals surface area contributed by atoms with Crippen LogP contribution in [0, 0.1) is 0 Å². The summed E-state index contributed by atoms with van der Waals surface area (Å²) in [5.74, 6) is 2.37. The second kappa shape index (κ2) is 8.06. The van der Waals surface area contributed by atoms with E-state index in [1.54, 1.807) is 13.2 Å². The molecule has 0 spiro atoms. The molecule has 2 aromatic heterocycles. The molecule has 7 nitrogen and oxygen atoms in total. The highest BCUT2D eigenvalue weighted by Crippen LogP contribution is 2.25. The number of imidazole rings is 1. The van der Waals surface area contributed by atoms with Crippen molar-refractivity contribution in [1.82, 2.24) is 20.2 Å². The zero-order valence-electron chi connectivity index (χ0n) is 16.3. The van der Waals surface area contributed by atoms with Crippen molar-refractivity contribution in [2.24, 2.45) is 0 Å². The minimum atomic E-state index is -0.241. The van der Waals surface area contributed by atoms with Gasteiger partial charge in [-0.2, -0.15) is 0 Å². The van der Waals surface area contributed by atoms with E-state index >= 15 is 0 Å². The normalized spacial score (nSPS) is 16.2. The first-order valence-electron chi connectivity index (χ1n) is 9.78. The lowest BCUT2D eigenvalue weighted by Gasteiger charge is -2.31. The molecule has 2 N–H and O–H groups in total. The van der Waals surface area contributed by atoms with E-state index in [9.17, 15) is 4.79 Å². The number of furan rings is 1. The first-order valence-corrected chi connectivity index (χ1v) is 9.78. The molecule has 1 amide bonds. The number of nitrogens with zero attached hydrogens (tertiary/aromatic N) is 2. The van der Waals surface area contributed by atoms with Crippen LogP contribution < -0.4 is 10.1 Å². The first kappa shape index (κ1) is 18.6. The Labute approximate surface area is 164 Å². The number of H-pyrrole nitrogens is 1. The molecule has 1 fully saturated rings. The molecule has 1 aliphatic heterocycles. The summed E-state index contributed by atoms with van der Waals surface area (Å²) >= 11 is 0. The Bertz CT molecular complexity index is 956. The molecule has 3 aromatic rings. The topological polar surface area (TPSA) is 83.4 Å². The van der Waals surface area contributed by atoms with E-state index in [1.807, 2.05) is 24.3 Å². The predicted octanol–water partition coefficient (Wildman–Crippen LogP) is 3.64. The zero-order valence-corrected chi connectivity index (χ0v) is 16.3. The van der Waals surface area contributed by atoms with Gasteiger partial charge >= 0.3 is 0 Å². The molecule has 4 rings (SSSR count). The maximum atomic E-state index is 12.5. The highest BCUT2D eigenvalue weighted by molar-refractivity contribution is 5.91. The Morgan fingerprint density at radius 1 is 1.29 bits per heavy atom. The third-order valence-electron chi connectivity index (χ3n) is 5.36. The SMILES string of the molecule is COc1ccc2nc(CNC(=O)c3ccc([C@@H](C)N4CCCCC4)o3)[nH]c2c1. The van der Waals surface area contributed by atoms with Gasteiger partial charge in [0.25, 0.3) is 5.91 Å². The smallest absolute Gasteiger partial charge is 0.287 e. The van der Waals surface area contributed by atoms with Crippen molar-refractivity contribution in [3.05, 3.63) is 47.7 Å². The van der Waals surface area contributed by atoms with Gasteiger partial charge in [0.15, 0.2) is 5.76 Å². The Morgan fingerprint density at radius 3 is 2.89 bits per heavy atom. The van der Waals surface area contributed by atoms with Gasteiger partial charge in [-0.1, -0.05) is 6.42 Å². The van der Waals surface area contributed by atoms with Crippen molar-refractivity contribution in [2.75, 3.05) is 20.2 Å². The maximum Gasteiger partial charge on any atom is 0.287 e. The van der Waals surface area contributed by atoms with Gasteiger partial charge in [0.1, 0.15) is 17.3 Å². The number of carbonyl (C=O) groups is 1. The molecule has 0 bridgehead atoms. The number of piperidine rings is 1. The summed E-state index contributed by atoms with van der Waals surface area (Å²) in [6, 6.07) is 9.47. The molecular weight excluding hydrogens is 356 g/mol. The number of aromatic amines is 1. The van der Waals surface area contributed by atoms with E-state index in [1.165, 1.54) is 19.3 Å². The van der Waals surface area contributed by atoms with Crippen molar-refractivity contribution in [3.8, 4) is 5.75 Å². The Hall–Kier alpha value is -2.80. The molecule has 1 aliphatic rings. The summed E-state index contributed by atoms with van der Waals surface area (Å²) in [5, 5.41) is 2.87. The van der Waals surface area contributed by atoms with Crippen molar-refractivity contribution < 1.29 is 13.9 Å². The minimum absolute atomic E-state index is 0.187. The van der Waals surface area contributed by atoms with E-state index in [0.29, 0.717) is 18.1 Å². The quantitative estimate of drug-likeness (QED) is 0.680. The summed E-state index contributed by atoms with van der Waals surface area (Å²) in [6.07, 6.45) is 3.74. The van der Waals surface area contributed by atoms with Crippen LogP contribution in [0.1, 0.15) is 54.4 Å². The molecule has 0 aliphatic carbocycles. The summed E-state index contributed by atoms with van der Waals surface area (Å²) in [7, 11) is 1.63. The standard InChI is InChI=1S/C21H26N4O3/c1-14(25-10-4-3-5-11-25)18-8-9-19(28-18)21(26)22-13-20-23-16-7-6-15(27-2)12-17(16)24-20/h6-9,12,14H,3-5,10-11,13H2,1-2H3,(H,22,26)(H,23,24)/t14-/m1/s1. The largest absolute Gasteiger partial charge is 0.497 e. The Kier molecular flexibility index (Phi) is 5.34. The number of likely N-dealkylation sites (tertiary alicyclic amines) is 1. The van der Waals surface area contributed by atoms with E-state index in [0.717, 1.165) is 35.6 Å². The molecule has 1 atom stereocenters. The van der Waals surface area contributed by atoms with Crippen LogP contribution in [-0.4, -0.2) is 41.0 Å². The average Bonchev–Trinajstić information content (AvgIpc) is 3.38. The van der Waals surface area contributed by atoms with E-state index in [4.69, 9.17) is 9.15 Å². The fourth-order valence-electron chi connectivity index (χ4n) is 3.69. The third-order valence-corrected chi connectivity index (χ3v) is 5.36. The number of hydrogen-bond donors (Lipinski definition) is 2. The van der Waals surface area contributed by atoms with Crippen LogP contribution in [0.15, 0.2) is 34.7 Å². The van der Waals surface area contributed by atoms with Crippen LogP contribution in [0.5, 0.6) is 5.75 Å². The highest BCUT2D eigenvalue weighted by Gasteiger charge is 2.22. The van der Waals surface area contributed by atoms with Gasteiger partial charge in [0.05, 0.1) is 30.7 Å². The fourth-order valence-corrected chi connectivity index (χ4v) is 3.69. The third kappa shape index (κ3) is 3.89. The summed E-state index contributed by atoms with van der Waals surface area (Å²) < 4.78 is 11.1. The van der Waals surface area contributed by atoms with Crippen LogP contribution in [0.25, 0.3) is 11.0 Å². The number of nitrogens with one attached hydrogen (secondary N) is 2. The first-order chi connectivity index (χ1) is 13.6. The molecule has 0 radical (unpaired) electrons. The molecular formula is C21H26N4O3. The molecule has 1 saturated heterocycles. The van der Waals surface area contributed by atoms with Crippen molar-refractivity contribution in [1.29, 1.82) is 0 Å². The lowest BCUT2D eigenvalue weighted by Crippen LogP contribution is -2.32. The fraction of sp³-hybridized carbons (Fsp3) is 0.429. The van der Waals surface area contributed by atoms with Crippen LogP contribution in [-0.2, 0) is 6.54 Å². The maximum absolute atomic E-state index is 12.5. The number of methoxy groups -OCH3 is 1. The Morgan fingerprint density at radius 2 is 2.11 bits per heavy atom. The predicted molar refractivity (Wildman–Crippen MR) is 106 cm³/mol. The molecule has 148 valence electrons. The Balaban J connectivity index is 1.38. The van der Waals surface area contributed by atoms with Gasteiger partial charge in [-0.15, -0.1) is 0 Å². The van der Waals surface area contributed by atoms with Gasteiger partial charge in [-0.05, 0) is 57.1 Å². The van der Waals surface area contributed by atoms with Gasteiger partial charge in [0.2, 0.25) is 0 Å². The van der Waals surface area contributed by atoms with Gasteiger partial charge < -0.3 is 19.5 Å². The zero-order chi connectivity index (χ0) is 19.5. The van der Waals surface area contributed by atoms with Crippen molar-refractivity contribution in [2.45, 2.75) is 38.8 Å². The van der Waals surface area contributed by atoms with E-state index in [2.05, 4.69) is 27.1 Å². The summed E-state index contributed by atoms with van der Waals surface area (Å²) in [5.41, 5.74) is 1.71. The monoisotopic (exact) mass is 382 g/mol. The number of fused-ring (bicyclic) bond motifs is 1. The number of aromatic nitrogens is 2. The molecule has 0 unspecified atom stereocenters. The second-order valence-electron chi connectivity index (χ2n) is 7.22. The second-order valence-corrected chi connectivity index (χ2v) is 7.22. The van der Waals surface area contributed by atoms with Crippen LogP contribution >= 0.6 is 0 Å². The number of ether oxygens (including phenoxy) is 1. The molecule has 1 aromatic carbocycles. The average molecular weight is 382 g/mol. The van der Waals surface area contributed by atoms with E-state index in [-0.39, 0.29) is 11.9 Å². The number of amides is 1. The van der Waals surface area contributed by atoms with Crippen molar-refractivity contribution >= 4 is 16.9 Å². The van der Waals surface area contributed by atoms with Gasteiger partial charge in [-0.3, -0.25) is 9.69 Å². The number of hydrogen-bond acceptors (Lipinski definition) is 5. The molecule has 7 heteroatoms. The molecule has 3 heterocycles. The van der Waals surface area contributed by atoms with Crippen LogP contribution in [0.3, 0.4) is 0 Å².